The highest BCUT2D eigenvalue weighted by atomic mass is 35.5. The van der Waals surface area contributed by atoms with Gasteiger partial charge >= 0.3 is 0 Å². The number of halogens is 2. The molecule has 1 atom stereocenters. The van der Waals surface area contributed by atoms with Gasteiger partial charge in [0.25, 0.3) is 0 Å². The first-order chi connectivity index (χ1) is 12.2. The van der Waals surface area contributed by atoms with E-state index in [1.165, 1.54) is 6.08 Å². The third-order valence-electron chi connectivity index (χ3n) is 4.30. The van der Waals surface area contributed by atoms with Crippen LogP contribution in [0.1, 0.15) is 18.4 Å². The van der Waals surface area contributed by atoms with Crippen LogP contribution in [0.25, 0.3) is 6.08 Å². The Labute approximate surface area is 165 Å². The topological polar surface area (TPSA) is 57.7 Å². The van der Waals surface area contributed by atoms with Gasteiger partial charge in [0.1, 0.15) is 0 Å². The SMILES string of the molecule is CN(C)CCCN(C(=O)/C=C/c1cc(Cl)ccc1Cl)C1CCS(=O)(=O)C1. The molecule has 1 aliphatic rings. The highest BCUT2D eigenvalue weighted by Crippen LogP contribution is 2.23. The Morgan fingerprint density at radius 2 is 2.00 bits per heavy atom. The summed E-state index contributed by atoms with van der Waals surface area (Å²) in [7, 11) is 0.869. The van der Waals surface area contributed by atoms with Gasteiger partial charge < -0.3 is 9.80 Å². The molecule has 1 aromatic rings. The van der Waals surface area contributed by atoms with Gasteiger partial charge in [-0.1, -0.05) is 23.2 Å². The van der Waals surface area contributed by atoms with Crippen LogP contribution in [-0.2, 0) is 14.6 Å². The van der Waals surface area contributed by atoms with Gasteiger partial charge in [-0.3, -0.25) is 4.79 Å². The summed E-state index contributed by atoms with van der Waals surface area (Å²) in [4.78, 5) is 16.4. The van der Waals surface area contributed by atoms with Gasteiger partial charge in [0.2, 0.25) is 5.91 Å². The number of carbonyl (C=O) groups is 1. The van der Waals surface area contributed by atoms with Crippen molar-refractivity contribution >= 4 is 45.0 Å². The van der Waals surface area contributed by atoms with E-state index in [9.17, 15) is 13.2 Å². The summed E-state index contributed by atoms with van der Waals surface area (Å²) < 4.78 is 23.6. The van der Waals surface area contributed by atoms with Gasteiger partial charge in [-0.2, -0.15) is 0 Å². The lowest BCUT2D eigenvalue weighted by molar-refractivity contribution is -0.127. The van der Waals surface area contributed by atoms with Crippen LogP contribution in [0.4, 0.5) is 0 Å². The summed E-state index contributed by atoms with van der Waals surface area (Å²) >= 11 is 12.1. The fourth-order valence-electron chi connectivity index (χ4n) is 2.95. The fraction of sp³-hybridized carbons (Fsp3) is 0.500. The lowest BCUT2D eigenvalue weighted by Gasteiger charge is -2.27. The number of hydrogen-bond acceptors (Lipinski definition) is 4. The van der Waals surface area contributed by atoms with E-state index >= 15 is 0 Å². The second kappa shape index (κ2) is 9.22. The van der Waals surface area contributed by atoms with Crippen LogP contribution < -0.4 is 0 Å². The zero-order chi connectivity index (χ0) is 19.3. The van der Waals surface area contributed by atoms with Gasteiger partial charge in [-0.25, -0.2) is 8.42 Å². The molecule has 0 bridgehead atoms. The third-order valence-corrected chi connectivity index (χ3v) is 6.63. The van der Waals surface area contributed by atoms with Crippen LogP contribution >= 0.6 is 23.2 Å². The summed E-state index contributed by atoms with van der Waals surface area (Å²) in [5, 5.41) is 1.03. The molecule has 1 aliphatic heterocycles. The number of carbonyl (C=O) groups excluding carboxylic acids is 1. The minimum atomic E-state index is -3.06. The molecular formula is C18H24Cl2N2O3S. The normalized spacial score (nSPS) is 19.3. The molecule has 0 spiro atoms. The van der Waals surface area contributed by atoms with Crippen LogP contribution in [0.3, 0.4) is 0 Å². The molecule has 1 unspecified atom stereocenters. The monoisotopic (exact) mass is 418 g/mol. The summed E-state index contributed by atoms with van der Waals surface area (Å²) in [6, 6.07) is 4.77. The standard InChI is InChI=1S/C18H24Cl2N2O3S/c1-21(2)9-3-10-22(16-8-11-26(24,25)13-16)18(23)7-4-14-12-15(19)5-6-17(14)20/h4-7,12,16H,3,8-11,13H2,1-2H3/b7-4+. The van der Waals surface area contributed by atoms with E-state index in [2.05, 4.69) is 0 Å². The molecule has 0 radical (unpaired) electrons. The Morgan fingerprint density at radius 3 is 2.62 bits per heavy atom. The average molecular weight is 419 g/mol. The number of benzene rings is 1. The van der Waals surface area contributed by atoms with Gasteiger partial charge in [0.05, 0.1) is 11.5 Å². The Kier molecular flexibility index (Phi) is 7.52. The van der Waals surface area contributed by atoms with E-state index in [4.69, 9.17) is 23.2 Å². The molecule has 0 aliphatic carbocycles. The van der Waals surface area contributed by atoms with Crippen molar-refractivity contribution in [2.24, 2.45) is 0 Å². The van der Waals surface area contributed by atoms with Crippen LogP contribution in [-0.4, -0.2) is 68.9 Å². The van der Waals surface area contributed by atoms with E-state index in [1.807, 2.05) is 19.0 Å². The molecule has 8 heteroatoms. The molecule has 5 nitrogen and oxygen atoms in total. The first-order valence-electron chi connectivity index (χ1n) is 8.47. The predicted octanol–water partition coefficient (Wildman–Crippen LogP) is 2.97. The Morgan fingerprint density at radius 1 is 1.27 bits per heavy atom. The van der Waals surface area contributed by atoms with Crippen molar-refractivity contribution in [1.82, 2.24) is 9.80 Å². The zero-order valence-corrected chi connectivity index (χ0v) is 17.3. The van der Waals surface area contributed by atoms with Gasteiger partial charge in [-0.15, -0.1) is 0 Å². The largest absolute Gasteiger partial charge is 0.335 e. The molecule has 2 rings (SSSR count). The molecule has 1 saturated heterocycles. The number of rotatable bonds is 7. The Balaban J connectivity index is 2.13. The number of sulfone groups is 1. The van der Waals surface area contributed by atoms with E-state index in [0.29, 0.717) is 28.6 Å². The van der Waals surface area contributed by atoms with Crippen molar-refractivity contribution in [2.75, 3.05) is 38.7 Å². The summed E-state index contributed by atoms with van der Waals surface area (Å²) in [5.41, 5.74) is 0.653. The first kappa shape index (κ1) is 21.2. The minimum Gasteiger partial charge on any atom is -0.335 e. The third kappa shape index (κ3) is 6.27. The van der Waals surface area contributed by atoms with E-state index < -0.39 is 9.84 Å². The van der Waals surface area contributed by atoms with Crippen molar-refractivity contribution in [1.29, 1.82) is 0 Å². The fourth-order valence-corrected chi connectivity index (χ4v) is 5.04. The van der Waals surface area contributed by atoms with Crippen molar-refractivity contribution < 1.29 is 13.2 Å². The first-order valence-corrected chi connectivity index (χ1v) is 11.0. The molecule has 1 heterocycles. The highest BCUT2D eigenvalue weighted by Gasteiger charge is 2.33. The van der Waals surface area contributed by atoms with Crippen molar-refractivity contribution in [3.05, 3.63) is 39.9 Å². The molecule has 26 heavy (non-hydrogen) atoms. The maximum Gasteiger partial charge on any atom is 0.246 e. The van der Waals surface area contributed by atoms with Gasteiger partial charge in [0, 0.05) is 28.7 Å². The summed E-state index contributed by atoms with van der Waals surface area (Å²) in [5.74, 6) is -0.0345. The minimum absolute atomic E-state index is 0.0342. The number of amides is 1. The average Bonchev–Trinajstić information content (AvgIpc) is 2.91. The van der Waals surface area contributed by atoms with E-state index in [0.717, 1.165) is 13.0 Å². The molecule has 1 fully saturated rings. The van der Waals surface area contributed by atoms with Crippen LogP contribution in [0, 0.1) is 0 Å². The second-order valence-electron chi connectivity index (χ2n) is 6.74. The van der Waals surface area contributed by atoms with Gasteiger partial charge in [0.15, 0.2) is 9.84 Å². The Hall–Kier alpha value is -1.08. The lowest BCUT2D eigenvalue weighted by atomic mass is 10.1. The maximum absolute atomic E-state index is 12.7. The van der Waals surface area contributed by atoms with E-state index in [-0.39, 0.29) is 23.5 Å². The van der Waals surface area contributed by atoms with Crippen LogP contribution in [0.5, 0.6) is 0 Å². The highest BCUT2D eigenvalue weighted by molar-refractivity contribution is 7.91. The molecule has 1 amide bonds. The van der Waals surface area contributed by atoms with Crippen LogP contribution in [0.15, 0.2) is 24.3 Å². The van der Waals surface area contributed by atoms with E-state index in [1.54, 1.807) is 29.2 Å². The molecular weight excluding hydrogens is 395 g/mol. The predicted molar refractivity (Wildman–Crippen MR) is 107 cm³/mol. The second-order valence-corrected chi connectivity index (χ2v) is 9.82. The number of nitrogens with zero attached hydrogens (tertiary/aromatic N) is 2. The number of hydrogen-bond donors (Lipinski definition) is 0. The molecule has 144 valence electrons. The smallest absolute Gasteiger partial charge is 0.246 e. The molecule has 0 N–H and O–H groups in total. The van der Waals surface area contributed by atoms with Crippen molar-refractivity contribution in [3.8, 4) is 0 Å². The zero-order valence-electron chi connectivity index (χ0n) is 15.0. The molecule has 0 saturated carbocycles. The summed E-state index contributed by atoms with van der Waals surface area (Å²) in [6.45, 7) is 1.35. The molecule has 0 aromatic heterocycles. The van der Waals surface area contributed by atoms with Crippen LogP contribution in [0.2, 0.25) is 10.0 Å². The summed E-state index contributed by atoms with van der Waals surface area (Å²) in [6.07, 6.45) is 4.33. The van der Waals surface area contributed by atoms with Gasteiger partial charge in [-0.05, 0) is 63.3 Å². The maximum atomic E-state index is 12.7. The van der Waals surface area contributed by atoms with Crippen molar-refractivity contribution in [3.63, 3.8) is 0 Å². The van der Waals surface area contributed by atoms with Crippen molar-refractivity contribution in [2.45, 2.75) is 18.9 Å². The Bertz CT molecular complexity index is 779. The lowest BCUT2D eigenvalue weighted by Crippen LogP contribution is -2.41. The quantitative estimate of drug-likeness (QED) is 0.638. The molecule has 1 aromatic carbocycles.